The molecule has 12 heavy (non-hydrogen) atoms. The topological polar surface area (TPSA) is 36.2 Å². The maximum atomic E-state index is 11.2. The highest BCUT2D eigenvalue weighted by atomic mass is 16.5. The Labute approximate surface area is 71.4 Å². The van der Waals surface area contributed by atoms with E-state index in [2.05, 4.69) is 0 Å². The molecule has 0 aliphatic heterocycles. The van der Waals surface area contributed by atoms with Crippen LogP contribution < -0.4 is 5.69 Å². The Hall–Kier alpha value is -1.03. The van der Waals surface area contributed by atoms with Crippen LogP contribution in [-0.4, -0.2) is 15.2 Å². The van der Waals surface area contributed by atoms with Crippen LogP contribution in [0.15, 0.2) is 17.2 Å². The summed E-state index contributed by atoms with van der Waals surface area (Å²) in [6.45, 7) is 4.21. The molecule has 0 unspecified atom stereocenters. The molecule has 0 spiro atoms. The first kappa shape index (κ1) is 9.06. The van der Waals surface area contributed by atoms with Crippen molar-refractivity contribution in [1.82, 2.24) is 9.13 Å². The molecular formula is C8H14N2O2. The van der Waals surface area contributed by atoms with Gasteiger partial charge in [-0.05, 0) is 13.8 Å². The molecule has 1 rings (SSSR count). The molecule has 0 saturated heterocycles. The van der Waals surface area contributed by atoms with Crippen LogP contribution in [0.4, 0.5) is 0 Å². The fraction of sp³-hybridized carbons (Fsp3) is 0.625. The summed E-state index contributed by atoms with van der Waals surface area (Å²) in [5.74, 6) is 0. The average molecular weight is 170 g/mol. The predicted molar refractivity (Wildman–Crippen MR) is 45.9 cm³/mol. The zero-order valence-electron chi connectivity index (χ0n) is 7.65. The van der Waals surface area contributed by atoms with E-state index in [9.17, 15) is 4.79 Å². The fourth-order valence-corrected chi connectivity index (χ4v) is 0.838. The normalized spacial score (nSPS) is 11.0. The fourth-order valence-electron chi connectivity index (χ4n) is 0.838. The summed E-state index contributed by atoms with van der Waals surface area (Å²) in [6, 6.07) is 0. The third-order valence-electron chi connectivity index (χ3n) is 1.56. The van der Waals surface area contributed by atoms with E-state index >= 15 is 0 Å². The summed E-state index contributed by atoms with van der Waals surface area (Å²) >= 11 is 0. The second-order valence-electron chi connectivity index (χ2n) is 3.01. The molecule has 0 radical (unpaired) electrons. The van der Waals surface area contributed by atoms with E-state index in [-0.39, 0.29) is 11.8 Å². The second-order valence-corrected chi connectivity index (χ2v) is 3.01. The van der Waals surface area contributed by atoms with Crippen LogP contribution in [0.5, 0.6) is 0 Å². The average Bonchev–Trinajstić information content (AvgIpc) is 2.30. The van der Waals surface area contributed by atoms with Crippen molar-refractivity contribution < 1.29 is 4.74 Å². The van der Waals surface area contributed by atoms with Gasteiger partial charge in [-0.15, -0.1) is 0 Å². The lowest BCUT2D eigenvalue weighted by Crippen LogP contribution is -2.23. The highest BCUT2D eigenvalue weighted by molar-refractivity contribution is 4.78. The van der Waals surface area contributed by atoms with Crippen molar-refractivity contribution in [2.75, 3.05) is 0 Å². The molecule has 1 heterocycles. The van der Waals surface area contributed by atoms with Crippen LogP contribution in [0.3, 0.4) is 0 Å². The number of aromatic nitrogens is 2. The SMILES string of the molecule is CC(C)OCn1ccn(C)c1=O. The lowest BCUT2D eigenvalue weighted by molar-refractivity contribution is 0.0267. The van der Waals surface area contributed by atoms with Crippen LogP contribution >= 0.6 is 0 Å². The number of rotatable bonds is 3. The van der Waals surface area contributed by atoms with E-state index in [1.807, 2.05) is 13.8 Å². The van der Waals surface area contributed by atoms with Crippen LogP contribution in [0.1, 0.15) is 13.8 Å². The van der Waals surface area contributed by atoms with Crippen molar-refractivity contribution in [2.45, 2.75) is 26.7 Å². The lowest BCUT2D eigenvalue weighted by atomic mass is 10.5. The zero-order valence-corrected chi connectivity index (χ0v) is 7.65. The molecule has 4 heteroatoms. The summed E-state index contributed by atoms with van der Waals surface area (Å²) in [5, 5.41) is 0. The minimum atomic E-state index is -0.0457. The number of imidazole rings is 1. The molecule has 68 valence electrons. The molecule has 4 nitrogen and oxygen atoms in total. The van der Waals surface area contributed by atoms with Crippen LogP contribution in [0, 0.1) is 0 Å². The standard InChI is InChI=1S/C8H14N2O2/c1-7(2)12-6-10-5-4-9(3)8(10)11/h4-5,7H,6H2,1-3H3. The zero-order chi connectivity index (χ0) is 9.14. The molecular weight excluding hydrogens is 156 g/mol. The first-order valence-corrected chi connectivity index (χ1v) is 3.94. The summed E-state index contributed by atoms with van der Waals surface area (Å²) in [6.07, 6.45) is 3.58. The Bertz CT molecular complexity index is 298. The quantitative estimate of drug-likeness (QED) is 0.665. The monoisotopic (exact) mass is 170 g/mol. The minimum Gasteiger partial charge on any atom is -0.358 e. The second kappa shape index (κ2) is 3.58. The predicted octanol–water partition coefficient (Wildman–Crippen LogP) is 0.569. The van der Waals surface area contributed by atoms with Gasteiger partial charge in [-0.25, -0.2) is 4.79 Å². The molecule has 0 aromatic carbocycles. The summed E-state index contributed by atoms with van der Waals surface area (Å²) in [5.41, 5.74) is -0.0457. The van der Waals surface area contributed by atoms with Gasteiger partial charge in [0.1, 0.15) is 6.73 Å². The van der Waals surface area contributed by atoms with Gasteiger partial charge in [-0.1, -0.05) is 0 Å². The molecule has 0 fully saturated rings. The van der Waals surface area contributed by atoms with E-state index < -0.39 is 0 Å². The molecule has 0 aliphatic carbocycles. The van der Waals surface area contributed by atoms with Gasteiger partial charge in [0.25, 0.3) is 0 Å². The van der Waals surface area contributed by atoms with Crippen molar-refractivity contribution in [3.8, 4) is 0 Å². The molecule has 0 aliphatic rings. The summed E-state index contributed by atoms with van der Waals surface area (Å²) < 4.78 is 8.32. The van der Waals surface area contributed by atoms with Crippen LogP contribution in [-0.2, 0) is 18.5 Å². The lowest BCUT2D eigenvalue weighted by Gasteiger charge is -2.06. The minimum absolute atomic E-state index is 0.0457. The van der Waals surface area contributed by atoms with E-state index in [0.717, 1.165) is 0 Å². The Balaban J connectivity index is 2.64. The number of nitrogens with zero attached hydrogens (tertiary/aromatic N) is 2. The third-order valence-corrected chi connectivity index (χ3v) is 1.56. The van der Waals surface area contributed by atoms with Crippen LogP contribution in [0.2, 0.25) is 0 Å². The molecule has 0 N–H and O–H groups in total. The van der Waals surface area contributed by atoms with Gasteiger partial charge in [-0.3, -0.25) is 4.57 Å². The number of ether oxygens (including phenoxy) is 1. The molecule has 0 saturated carbocycles. The first-order valence-electron chi connectivity index (χ1n) is 3.94. The van der Waals surface area contributed by atoms with Crippen LogP contribution in [0.25, 0.3) is 0 Å². The molecule has 1 aromatic heterocycles. The Kier molecular flexibility index (Phi) is 2.70. The van der Waals surface area contributed by atoms with E-state index in [1.165, 1.54) is 9.13 Å². The Morgan fingerprint density at radius 2 is 2.17 bits per heavy atom. The van der Waals surface area contributed by atoms with Gasteiger partial charge < -0.3 is 9.30 Å². The van der Waals surface area contributed by atoms with Crippen molar-refractivity contribution in [2.24, 2.45) is 7.05 Å². The van der Waals surface area contributed by atoms with Gasteiger partial charge in [0, 0.05) is 19.4 Å². The number of aryl methyl sites for hydroxylation is 1. The molecule has 0 atom stereocenters. The summed E-state index contributed by atoms with van der Waals surface area (Å²) in [7, 11) is 1.72. The summed E-state index contributed by atoms with van der Waals surface area (Å²) in [4.78, 5) is 11.2. The maximum absolute atomic E-state index is 11.2. The maximum Gasteiger partial charge on any atom is 0.329 e. The van der Waals surface area contributed by atoms with Gasteiger partial charge >= 0.3 is 5.69 Å². The highest BCUT2D eigenvalue weighted by Crippen LogP contribution is 1.90. The van der Waals surface area contributed by atoms with Crippen molar-refractivity contribution in [3.05, 3.63) is 22.9 Å². The van der Waals surface area contributed by atoms with E-state index in [4.69, 9.17) is 4.74 Å². The number of hydrogen-bond acceptors (Lipinski definition) is 2. The van der Waals surface area contributed by atoms with Gasteiger partial charge in [0.05, 0.1) is 6.10 Å². The van der Waals surface area contributed by atoms with Crippen molar-refractivity contribution >= 4 is 0 Å². The van der Waals surface area contributed by atoms with E-state index in [0.29, 0.717) is 6.73 Å². The Morgan fingerprint density at radius 1 is 1.50 bits per heavy atom. The van der Waals surface area contributed by atoms with Crippen molar-refractivity contribution in [1.29, 1.82) is 0 Å². The Morgan fingerprint density at radius 3 is 2.58 bits per heavy atom. The van der Waals surface area contributed by atoms with Gasteiger partial charge in [0.2, 0.25) is 0 Å². The molecule has 0 amide bonds. The molecule has 1 aromatic rings. The highest BCUT2D eigenvalue weighted by Gasteiger charge is 1.99. The van der Waals surface area contributed by atoms with Gasteiger partial charge in [0.15, 0.2) is 0 Å². The first-order chi connectivity index (χ1) is 5.61. The largest absolute Gasteiger partial charge is 0.358 e. The third kappa shape index (κ3) is 1.98. The molecule has 0 bridgehead atoms. The smallest absolute Gasteiger partial charge is 0.329 e. The van der Waals surface area contributed by atoms with Crippen molar-refractivity contribution in [3.63, 3.8) is 0 Å². The van der Waals surface area contributed by atoms with E-state index in [1.54, 1.807) is 19.4 Å². The number of hydrogen-bond donors (Lipinski definition) is 0. The van der Waals surface area contributed by atoms with Gasteiger partial charge in [-0.2, -0.15) is 0 Å².